The normalized spacial score (nSPS) is 16.2. The SMILES string of the molecule is CC(=O)C(=O)[C@H](O)[C@@](O)(C(=O)c1ccccc1)[C@H](O)C(O)C(=O)c1ccccc1. The van der Waals surface area contributed by atoms with Crippen molar-refractivity contribution >= 4 is 23.1 Å². The Balaban J connectivity index is 2.51. The molecule has 0 aliphatic carbocycles. The monoisotopic (exact) mass is 400 g/mol. The number of ketones is 4. The lowest BCUT2D eigenvalue weighted by Crippen LogP contribution is -2.65. The van der Waals surface area contributed by atoms with Crippen LogP contribution < -0.4 is 0 Å². The van der Waals surface area contributed by atoms with Crippen LogP contribution in [-0.4, -0.2) is 67.5 Å². The predicted octanol–water partition coefficient (Wildman–Crippen LogP) is -0.276. The Bertz CT molecular complexity index is 909. The fourth-order valence-corrected chi connectivity index (χ4v) is 2.79. The number of carbonyl (C=O) groups is 4. The summed E-state index contributed by atoms with van der Waals surface area (Å²) in [6.45, 7) is 0.802. The van der Waals surface area contributed by atoms with E-state index >= 15 is 0 Å². The maximum Gasteiger partial charge on any atom is 0.229 e. The Hall–Kier alpha value is -3.04. The summed E-state index contributed by atoms with van der Waals surface area (Å²) in [5.74, 6) is -5.14. The summed E-state index contributed by atoms with van der Waals surface area (Å²) in [7, 11) is 0. The van der Waals surface area contributed by atoms with Gasteiger partial charge in [0.05, 0.1) is 0 Å². The van der Waals surface area contributed by atoms with Gasteiger partial charge in [0.1, 0.15) is 12.2 Å². The number of hydrogen-bond acceptors (Lipinski definition) is 8. The minimum absolute atomic E-state index is 0.0408. The van der Waals surface area contributed by atoms with Crippen LogP contribution in [0.4, 0.5) is 0 Å². The molecule has 8 nitrogen and oxygen atoms in total. The third kappa shape index (κ3) is 4.36. The second kappa shape index (κ2) is 8.97. The van der Waals surface area contributed by atoms with Gasteiger partial charge in [-0.3, -0.25) is 19.2 Å². The van der Waals surface area contributed by atoms with E-state index in [1.54, 1.807) is 12.1 Å². The van der Waals surface area contributed by atoms with Crippen molar-refractivity contribution in [1.29, 1.82) is 0 Å². The highest BCUT2D eigenvalue weighted by Gasteiger charge is 2.56. The zero-order valence-corrected chi connectivity index (χ0v) is 15.4. The van der Waals surface area contributed by atoms with Gasteiger partial charge in [-0.15, -0.1) is 0 Å². The highest BCUT2D eigenvalue weighted by atomic mass is 16.4. The predicted molar refractivity (Wildman–Crippen MR) is 100 cm³/mol. The van der Waals surface area contributed by atoms with E-state index in [0.717, 1.165) is 6.92 Å². The van der Waals surface area contributed by atoms with Crippen molar-refractivity contribution in [2.75, 3.05) is 0 Å². The van der Waals surface area contributed by atoms with Gasteiger partial charge in [0.2, 0.25) is 5.78 Å². The summed E-state index contributed by atoms with van der Waals surface area (Å²) >= 11 is 0. The lowest BCUT2D eigenvalue weighted by atomic mass is 9.77. The molecule has 0 bridgehead atoms. The molecule has 0 fully saturated rings. The third-order valence-corrected chi connectivity index (χ3v) is 4.49. The van der Waals surface area contributed by atoms with E-state index in [1.807, 2.05) is 0 Å². The smallest absolute Gasteiger partial charge is 0.229 e. The first-order valence-electron chi connectivity index (χ1n) is 8.62. The molecular formula is C21H20O8. The van der Waals surface area contributed by atoms with E-state index in [2.05, 4.69) is 0 Å². The summed E-state index contributed by atoms with van der Waals surface area (Å²) in [5, 5.41) is 42.1. The molecule has 2 aromatic rings. The first kappa shape index (κ1) is 22.3. The van der Waals surface area contributed by atoms with Crippen molar-refractivity contribution in [3.05, 3.63) is 71.8 Å². The first-order valence-corrected chi connectivity index (χ1v) is 8.62. The fourth-order valence-electron chi connectivity index (χ4n) is 2.79. The Kier molecular flexibility index (Phi) is 6.89. The molecule has 0 aromatic heterocycles. The molecule has 0 radical (unpaired) electrons. The van der Waals surface area contributed by atoms with Crippen molar-refractivity contribution in [1.82, 2.24) is 0 Å². The van der Waals surface area contributed by atoms with E-state index in [9.17, 15) is 39.6 Å². The third-order valence-electron chi connectivity index (χ3n) is 4.49. The molecule has 2 rings (SSSR count). The minimum atomic E-state index is -3.35. The molecule has 0 amide bonds. The molecule has 2 aromatic carbocycles. The number of aliphatic hydroxyl groups excluding tert-OH is 3. The topological polar surface area (TPSA) is 149 Å². The molecule has 4 atom stereocenters. The van der Waals surface area contributed by atoms with Gasteiger partial charge in [0.15, 0.2) is 29.1 Å². The molecule has 0 saturated heterocycles. The second-order valence-electron chi connectivity index (χ2n) is 6.46. The minimum Gasteiger partial charge on any atom is -0.386 e. The van der Waals surface area contributed by atoms with Gasteiger partial charge in [0.25, 0.3) is 0 Å². The first-order chi connectivity index (χ1) is 13.6. The Morgan fingerprint density at radius 3 is 1.69 bits per heavy atom. The van der Waals surface area contributed by atoms with Crippen molar-refractivity contribution in [2.24, 2.45) is 0 Å². The molecule has 0 aliphatic heterocycles. The molecule has 0 heterocycles. The number of Topliss-reactive ketones (excluding diaryl/α,β-unsaturated/α-hetero) is 4. The van der Waals surface area contributed by atoms with Crippen LogP contribution in [0.15, 0.2) is 60.7 Å². The average molecular weight is 400 g/mol. The Labute approximate surface area is 166 Å². The molecular weight excluding hydrogens is 380 g/mol. The summed E-state index contributed by atoms with van der Waals surface area (Å²) in [5.41, 5.74) is -3.61. The van der Waals surface area contributed by atoms with Crippen LogP contribution in [-0.2, 0) is 9.59 Å². The molecule has 8 heteroatoms. The number of benzene rings is 2. The van der Waals surface area contributed by atoms with Gasteiger partial charge in [-0.05, 0) is 0 Å². The van der Waals surface area contributed by atoms with Crippen molar-refractivity contribution in [2.45, 2.75) is 30.8 Å². The summed E-state index contributed by atoms with van der Waals surface area (Å²) in [6, 6.07) is 14.1. The highest BCUT2D eigenvalue weighted by Crippen LogP contribution is 2.27. The van der Waals surface area contributed by atoms with Crippen molar-refractivity contribution in [3.8, 4) is 0 Å². The molecule has 0 saturated carbocycles. The molecule has 4 N–H and O–H groups in total. The number of carbonyl (C=O) groups excluding carboxylic acids is 4. The Morgan fingerprint density at radius 2 is 1.24 bits per heavy atom. The zero-order chi connectivity index (χ0) is 21.8. The number of hydrogen-bond donors (Lipinski definition) is 4. The lowest BCUT2D eigenvalue weighted by Gasteiger charge is -2.36. The van der Waals surface area contributed by atoms with Crippen LogP contribution in [0.1, 0.15) is 27.6 Å². The van der Waals surface area contributed by atoms with Crippen LogP contribution in [0, 0.1) is 0 Å². The van der Waals surface area contributed by atoms with Gasteiger partial charge in [-0.2, -0.15) is 0 Å². The number of aliphatic hydroxyl groups is 4. The molecule has 29 heavy (non-hydrogen) atoms. The van der Waals surface area contributed by atoms with Gasteiger partial charge in [0, 0.05) is 18.1 Å². The van der Waals surface area contributed by atoms with Crippen LogP contribution in [0.3, 0.4) is 0 Å². The van der Waals surface area contributed by atoms with Crippen molar-refractivity contribution < 1.29 is 39.6 Å². The largest absolute Gasteiger partial charge is 0.386 e. The molecule has 0 aliphatic rings. The Morgan fingerprint density at radius 1 is 0.793 bits per heavy atom. The fraction of sp³-hybridized carbons (Fsp3) is 0.238. The molecule has 152 valence electrons. The van der Waals surface area contributed by atoms with Gasteiger partial charge >= 0.3 is 0 Å². The summed E-state index contributed by atoms with van der Waals surface area (Å²) < 4.78 is 0. The maximum atomic E-state index is 12.9. The van der Waals surface area contributed by atoms with E-state index in [0.29, 0.717) is 0 Å². The molecule has 1 unspecified atom stereocenters. The van der Waals surface area contributed by atoms with Gasteiger partial charge in [-0.1, -0.05) is 60.7 Å². The molecule has 0 spiro atoms. The van der Waals surface area contributed by atoms with Gasteiger partial charge in [-0.25, -0.2) is 0 Å². The zero-order valence-electron chi connectivity index (χ0n) is 15.4. The average Bonchev–Trinajstić information content (AvgIpc) is 2.76. The highest BCUT2D eigenvalue weighted by molar-refractivity contribution is 6.39. The van der Waals surface area contributed by atoms with E-state index < -0.39 is 47.0 Å². The standard InChI is InChI=1S/C21H20O8/c1-12(22)15(23)19(27)21(29,18(26)14-10-6-3-7-11-14)20(28)17(25)16(24)13-8-4-2-5-9-13/h2-11,17,19-20,25,27-29H,1H3/t17?,19-,20+,21-/m0/s1. The van der Waals surface area contributed by atoms with E-state index in [1.165, 1.54) is 48.5 Å². The van der Waals surface area contributed by atoms with Crippen LogP contribution >= 0.6 is 0 Å². The maximum absolute atomic E-state index is 12.9. The number of rotatable bonds is 9. The van der Waals surface area contributed by atoms with Crippen molar-refractivity contribution in [3.63, 3.8) is 0 Å². The quantitative estimate of drug-likeness (QED) is 0.332. The van der Waals surface area contributed by atoms with E-state index in [-0.39, 0.29) is 11.1 Å². The summed E-state index contributed by atoms with van der Waals surface area (Å²) in [4.78, 5) is 48.7. The van der Waals surface area contributed by atoms with Crippen LogP contribution in [0.2, 0.25) is 0 Å². The summed E-state index contributed by atoms with van der Waals surface area (Å²) in [6.07, 6.45) is -7.69. The van der Waals surface area contributed by atoms with Crippen LogP contribution in [0.25, 0.3) is 0 Å². The van der Waals surface area contributed by atoms with Crippen LogP contribution in [0.5, 0.6) is 0 Å². The van der Waals surface area contributed by atoms with Gasteiger partial charge < -0.3 is 20.4 Å². The second-order valence-corrected chi connectivity index (χ2v) is 6.46. The van der Waals surface area contributed by atoms with E-state index in [4.69, 9.17) is 0 Å². The lowest BCUT2D eigenvalue weighted by molar-refractivity contribution is -0.164.